The Balaban J connectivity index is 2.29. The first kappa shape index (κ1) is 16.8. The quantitative estimate of drug-likeness (QED) is 0.862. The Labute approximate surface area is 134 Å². The fraction of sp³-hybridized carbons (Fsp3) is 0.133. The number of nitrogens with two attached hydrogens (primary N) is 1. The van der Waals surface area contributed by atoms with Gasteiger partial charge in [0.05, 0.1) is 19.1 Å². The first-order valence-corrected chi connectivity index (χ1v) is 8.06. The second-order valence-electron chi connectivity index (χ2n) is 4.56. The highest BCUT2D eigenvalue weighted by Crippen LogP contribution is 2.29. The lowest BCUT2D eigenvalue weighted by Crippen LogP contribution is -2.15. The molecule has 0 heterocycles. The minimum absolute atomic E-state index is 0.0367. The van der Waals surface area contributed by atoms with E-state index in [0.29, 0.717) is 17.2 Å². The lowest BCUT2D eigenvalue weighted by molar-refractivity contribution is 0.102. The molecule has 2 aromatic carbocycles. The van der Waals surface area contributed by atoms with Gasteiger partial charge in [0.1, 0.15) is 17.1 Å². The van der Waals surface area contributed by atoms with E-state index in [4.69, 9.17) is 14.6 Å². The highest BCUT2D eigenvalue weighted by molar-refractivity contribution is 7.89. The molecule has 2 rings (SSSR count). The van der Waals surface area contributed by atoms with E-state index in [1.54, 1.807) is 18.2 Å². The Morgan fingerprint density at radius 1 is 1.00 bits per heavy atom. The molecule has 122 valence electrons. The van der Waals surface area contributed by atoms with E-state index in [2.05, 4.69) is 5.32 Å². The number of primary sulfonamides is 1. The van der Waals surface area contributed by atoms with Gasteiger partial charge in [0.25, 0.3) is 5.91 Å². The Bertz CT molecular complexity index is 794. The number of sulfonamides is 1. The molecule has 0 fully saturated rings. The normalized spacial score (nSPS) is 10.9. The van der Waals surface area contributed by atoms with Crippen LogP contribution in [0.5, 0.6) is 11.5 Å². The summed E-state index contributed by atoms with van der Waals surface area (Å²) in [6.07, 6.45) is 0. The zero-order valence-corrected chi connectivity index (χ0v) is 13.4. The SMILES string of the molecule is COc1cccc(OC)c1C(=O)Nc1ccc(S(N)(=O)=O)cc1. The predicted molar refractivity (Wildman–Crippen MR) is 85.3 cm³/mol. The number of anilines is 1. The molecule has 0 aliphatic carbocycles. The predicted octanol–water partition coefficient (Wildman–Crippen LogP) is 1.60. The van der Waals surface area contributed by atoms with Crippen LogP contribution in [0.1, 0.15) is 10.4 Å². The average Bonchev–Trinajstić information content (AvgIpc) is 2.53. The third kappa shape index (κ3) is 3.79. The molecule has 0 unspecified atom stereocenters. The summed E-state index contributed by atoms with van der Waals surface area (Å²) >= 11 is 0. The fourth-order valence-electron chi connectivity index (χ4n) is 2.00. The first-order valence-electron chi connectivity index (χ1n) is 6.52. The molecule has 0 bridgehead atoms. The molecule has 23 heavy (non-hydrogen) atoms. The summed E-state index contributed by atoms with van der Waals surface area (Å²) in [5.74, 6) is 0.286. The Kier molecular flexibility index (Phi) is 4.87. The van der Waals surface area contributed by atoms with Gasteiger partial charge in [-0.1, -0.05) is 6.07 Å². The molecule has 0 saturated heterocycles. The van der Waals surface area contributed by atoms with Gasteiger partial charge >= 0.3 is 0 Å². The molecule has 7 nitrogen and oxygen atoms in total. The zero-order chi connectivity index (χ0) is 17.0. The third-order valence-corrected chi connectivity index (χ3v) is 4.02. The molecule has 0 spiro atoms. The Hall–Kier alpha value is -2.58. The second-order valence-corrected chi connectivity index (χ2v) is 6.12. The summed E-state index contributed by atoms with van der Waals surface area (Å²) in [5.41, 5.74) is 0.656. The smallest absolute Gasteiger partial charge is 0.263 e. The van der Waals surface area contributed by atoms with Crippen LogP contribution in [0.25, 0.3) is 0 Å². The minimum atomic E-state index is -3.77. The van der Waals surface area contributed by atoms with E-state index in [1.807, 2.05) is 0 Å². The van der Waals surface area contributed by atoms with Gasteiger partial charge in [-0.15, -0.1) is 0 Å². The van der Waals surface area contributed by atoms with Crippen LogP contribution in [0.4, 0.5) is 5.69 Å². The molecular weight excluding hydrogens is 320 g/mol. The van der Waals surface area contributed by atoms with E-state index in [-0.39, 0.29) is 10.5 Å². The van der Waals surface area contributed by atoms with Crippen molar-refractivity contribution in [3.05, 3.63) is 48.0 Å². The fourth-order valence-corrected chi connectivity index (χ4v) is 2.51. The van der Waals surface area contributed by atoms with Gasteiger partial charge in [-0.3, -0.25) is 4.79 Å². The van der Waals surface area contributed by atoms with Gasteiger partial charge < -0.3 is 14.8 Å². The van der Waals surface area contributed by atoms with Crippen LogP contribution in [0.2, 0.25) is 0 Å². The molecule has 0 atom stereocenters. The number of methoxy groups -OCH3 is 2. The van der Waals surface area contributed by atoms with Crippen molar-refractivity contribution in [2.24, 2.45) is 5.14 Å². The number of ether oxygens (including phenoxy) is 2. The van der Waals surface area contributed by atoms with Gasteiger partial charge in [-0.2, -0.15) is 0 Å². The largest absolute Gasteiger partial charge is 0.496 e. The Morgan fingerprint density at radius 3 is 1.96 bits per heavy atom. The molecule has 0 aliphatic heterocycles. The summed E-state index contributed by atoms with van der Waals surface area (Å²) in [6.45, 7) is 0. The number of rotatable bonds is 5. The Morgan fingerprint density at radius 2 is 1.52 bits per heavy atom. The van der Waals surface area contributed by atoms with E-state index in [9.17, 15) is 13.2 Å². The summed E-state index contributed by atoms with van der Waals surface area (Å²) in [5, 5.41) is 7.68. The third-order valence-electron chi connectivity index (χ3n) is 3.10. The van der Waals surface area contributed by atoms with Crippen molar-refractivity contribution in [1.29, 1.82) is 0 Å². The van der Waals surface area contributed by atoms with Gasteiger partial charge in [0, 0.05) is 5.69 Å². The number of hydrogen-bond acceptors (Lipinski definition) is 5. The van der Waals surface area contributed by atoms with Gasteiger partial charge in [-0.25, -0.2) is 13.6 Å². The van der Waals surface area contributed by atoms with Crippen LogP contribution in [0.3, 0.4) is 0 Å². The maximum Gasteiger partial charge on any atom is 0.263 e. The van der Waals surface area contributed by atoms with E-state index >= 15 is 0 Å². The van der Waals surface area contributed by atoms with E-state index in [0.717, 1.165) is 0 Å². The van der Waals surface area contributed by atoms with Crippen molar-refractivity contribution in [2.75, 3.05) is 19.5 Å². The highest BCUT2D eigenvalue weighted by atomic mass is 32.2. The number of hydrogen-bond donors (Lipinski definition) is 2. The maximum absolute atomic E-state index is 12.4. The topological polar surface area (TPSA) is 108 Å². The van der Waals surface area contributed by atoms with Crippen molar-refractivity contribution >= 4 is 21.6 Å². The summed E-state index contributed by atoms with van der Waals surface area (Å²) in [6, 6.07) is 10.5. The van der Waals surface area contributed by atoms with Crippen molar-refractivity contribution in [3.8, 4) is 11.5 Å². The standard InChI is InChI=1S/C15H16N2O5S/c1-21-12-4-3-5-13(22-2)14(12)15(18)17-10-6-8-11(9-7-10)23(16,19)20/h3-9H,1-2H3,(H,17,18)(H2,16,19,20). The molecule has 1 amide bonds. The van der Waals surface area contributed by atoms with Gasteiger partial charge in [0.2, 0.25) is 10.0 Å². The molecule has 8 heteroatoms. The summed E-state index contributed by atoms with van der Waals surface area (Å²) in [4.78, 5) is 12.4. The molecular formula is C15H16N2O5S. The van der Waals surface area contributed by atoms with Crippen LogP contribution in [0, 0.1) is 0 Å². The molecule has 0 aromatic heterocycles. The van der Waals surface area contributed by atoms with Crippen LogP contribution < -0.4 is 19.9 Å². The molecule has 0 saturated carbocycles. The second kappa shape index (κ2) is 6.67. The van der Waals surface area contributed by atoms with Gasteiger partial charge in [0.15, 0.2) is 0 Å². The van der Waals surface area contributed by atoms with Gasteiger partial charge in [-0.05, 0) is 36.4 Å². The molecule has 2 aromatic rings. The van der Waals surface area contributed by atoms with Crippen LogP contribution in [-0.4, -0.2) is 28.5 Å². The molecule has 3 N–H and O–H groups in total. The van der Waals surface area contributed by atoms with Crippen LogP contribution in [0.15, 0.2) is 47.4 Å². The first-order chi connectivity index (χ1) is 10.9. The maximum atomic E-state index is 12.4. The summed E-state index contributed by atoms with van der Waals surface area (Å²) < 4.78 is 32.8. The van der Waals surface area contributed by atoms with Crippen LogP contribution in [-0.2, 0) is 10.0 Å². The number of benzene rings is 2. The zero-order valence-electron chi connectivity index (χ0n) is 12.6. The summed E-state index contributed by atoms with van der Waals surface area (Å²) in [7, 11) is -0.873. The highest BCUT2D eigenvalue weighted by Gasteiger charge is 2.18. The molecule has 0 radical (unpaired) electrons. The number of nitrogens with one attached hydrogen (secondary N) is 1. The monoisotopic (exact) mass is 336 g/mol. The van der Waals surface area contributed by atoms with Crippen molar-refractivity contribution < 1.29 is 22.7 Å². The lowest BCUT2D eigenvalue weighted by atomic mass is 10.1. The molecule has 0 aliphatic rings. The van der Waals surface area contributed by atoms with Crippen molar-refractivity contribution in [1.82, 2.24) is 0 Å². The minimum Gasteiger partial charge on any atom is -0.496 e. The number of carbonyl (C=O) groups is 1. The lowest BCUT2D eigenvalue weighted by Gasteiger charge is -2.13. The number of carbonyl (C=O) groups excluding carboxylic acids is 1. The number of amides is 1. The van der Waals surface area contributed by atoms with Crippen molar-refractivity contribution in [3.63, 3.8) is 0 Å². The van der Waals surface area contributed by atoms with Crippen LogP contribution >= 0.6 is 0 Å². The van der Waals surface area contributed by atoms with Crippen molar-refractivity contribution in [2.45, 2.75) is 4.90 Å². The van der Waals surface area contributed by atoms with E-state index < -0.39 is 15.9 Å². The average molecular weight is 336 g/mol. The van der Waals surface area contributed by atoms with E-state index in [1.165, 1.54) is 38.5 Å².